The molecular weight excluding hydrogens is 386 g/mol. The lowest BCUT2D eigenvalue weighted by Crippen LogP contribution is -2.81. The van der Waals surface area contributed by atoms with Crippen molar-refractivity contribution in [1.29, 1.82) is 0 Å². The molecule has 2 aliphatic heterocycles. The molecule has 1 saturated heterocycles. The first-order valence-corrected chi connectivity index (χ1v) is 12.6. The first kappa shape index (κ1) is 19.2. The molecule has 2 spiro atoms. The standard InChI is InChI=1S/C27H37NO3/c1-24(2,3)19-14-25-9-10-27(19,30-4)23-26(25)11-12-28(15-16-5-6-16)20(25)13-17-7-8-18(29)22(31-23)21(17)26/h7-8,16,19-20,23,29H,5-6,9-15H2,1-4H3/t19-,20-,23?,25-,26+,27-/m1/s1. The summed E-state index contributed by atoms with van der Waals surface area (Å²) in [6.07, 6.45) is 8.65. The lowest BCUT2D eigenvalue weighted by molar-refractivity contribution is -0.292. The van der Waals surface area contributed by atoms with E-state index in [1.165, 1.54) is 43.4 Å². The zero-order chi connectivity index (χ0) is 21.4. The van der Waals surface area contributed by atoms with E-state index in [1.54, 1.807) is 0 Å². The number of rotatable bonds is 3. The van der Waals surface area contributed by atoms with E-state index in [9.17, 15) is 5.11 Å². The molecule has 4 heteroatoms. The molecule has 4 bridgehead atoms. The Labute approximate surface area is 186 Å². The third-order valence-electron chi connectivity index (χ3n) is 10.7. The first-order valence-electron chi connectivity index (χ1n) is 12.6. The van der Waals surface area contributed by atoms with Gasteiger partial charge in [-0.15, -0.1) is 0 Å². The van der Waals surface area contributed by atoms with E-state index in [4.69, 9.17) is 9.47 Å². The Morgan fingerprint density at radius 1 is 1.19 bits per heavy atom. The molecule has 168 valence electrons. The molecule has 1 unspecified atom stereocenters. The van der Waals surface area contributed by atoms with E-state index in [0.29, 0.717) is 17.7 Å². The van der Waals surface area contributed by atoms with Crippen molar-refractivity contribution in [2.75, 3.05) is 20.2 Å². The number of benzene rings is 1. The van der Waals surface area contributed by atoms with Crippen LogP contribution in [0.1, 0.15) is 70.4 Å². The summed E-state index contributed by atoms with van der Waals surface area (Å²) >= 11 is 0. The zero-order valence-corrected chi connectivity index (χ0v) is 19.5. The van der Waals surface area contributed by atoms with Crippen LogP contribution in [0, 0.1) is 22.7 Å². The van der Waals surface area contributed by atoms with Gasteiger partial charge in [-0.05, 0) is 80.4 Å². The van der Waals surface area contributed by atoms with Gasteiger partial charge in [-0.1, -0.05) is 26.8 Å². The summed E-state index contributed by atoms with van der Waals surface area (Å²) in [7, 11) is 1.92. The molecule has 31 heavy (non-hydrogen) atoms. The van der Waals surface area contributed by atoms with Crippen LogP contribution in [0.4, 0.5) is 0 Å². The van der Waals surface area contributed by atoms with Crippen molar-refractivity contribution in [3.63, 3.8) is 0 Å². The van der Waals surface area contributed by atoms with Crippen molar-refractivity contribution in [3.8, 4) is 11.5 Å². The normalized spacial score (nSPS) is 44.8. The fraction of sp³-hybridized carbons (Fsp3) is 0.778. The van der Waals surface area contributed by atoms with Crippen molar-refractivity contribution < 1.29 is 14.6 Å². The molecule has 7 aliphatic rings. The number of nitrogens with zero attached hydrogens (tertiary/aromatic N) is 1. The van der Waals surface area contributed by atoms with Gasteiger partial charge in [0.25, 0.3) is 0 Å². The van der Waals surface area contributed by atoms with Gasteiger partial charge in [0.15, 0.2) is 11.5 Å². The molecule has 0 aromatic heterocycles. The van der Waals surface area contributed by atoms with Crippen LogP contribution >= 0.6 is 0 Å². The maximum absolute atomic E-state index is 10.9. The number of ether oxygens (including phenoxy) is 2. The number of hydrogen-bond donors (Lipinski definition) is 1. The Hall–Kier alpha value is -1.26. The van der Waals surface area contributed by atoms with Gasteiger partial charge in [0.05, 0.1) is 0 Å². The Kier molecular flexibility index (Phi) is 3.49. The predicted molar refractivity (Wildman–Crippen MR) is 120 cm³/mol. The molecule has 8 rings (SSSR count). The van der Waals surface area contributed by atoms with Gasteiger partial charge in [0, 0.05) is 36.1 Å². The van der Waals surface area contributed by atoms with E-state index >= 15 is 0 Å². The maximum Gasteiger partial charge on any atom is 0.165 e. The maximum atomic E-state index is 10.9. The van der Waals surface area contributed by atoms with E-state index in [-0.39, 0.29) is 27.9 Å². The van der Waals surface area contributed by atoms with Gasteiger partial charge in [-0.3, -0.25) is 4.90 Å². The molecule has 1 aromatic rings. The molecule has 5 aliphatic carbocycles. The number of phenolic OH excluding ortho intramolecular Hbond substituents is 1. The van der Waals surface area contributed by atoms with Crippen molar-refractivity contribution in [2.45, 2.75) is 88.9 Å². The molecule has 2 heterocycles. The monoisotopic (exact) mass is 423 g/mol. The van der Waals surface area contributed by atoms with Crippen LogP contribution in [0.15, 0.2) is 12.1 Å². The lowest BCUT2D eigenvalue weighted by atomic mass is 9.33. The number of aromatic hydroxyl groups is 1. The second-order valence-electron chi connectivity index (χ2n) is 12.8. The average molecular weight is 424 g/mol. The Balaban J connectivity index is 1.49. The minimum Gasteiger partial charge on any atom is -0.504 e. The van der Waals surface area contributed by atoms with Gasteiger partial charge in [-0.25, -0.2) is 0 Å². The van der Waals surface area contributed by atoms with E-state index in [0.717, 1.165) is 37.5 Å². The van der Waals surface area contributed by atoms with Crippen LogP contribution in [0.3, 0.4) is 0 Å². The van der Waals surface area contributed by atoms with E-state index < -0.39 is 0 Å². The smallest absolute Gasteiger partial charge is 0.165 e. The number of hydrogen-bond acceptors (Lipinski definition) is 4. The van der Waals surface area contributed by atoms with Crippen LogP contribution < -0.4 is 4.74 Å². The molecule has 5 fully saturated rings. The van der Waals surface area contributed by atoms with Crippen LogP contribution in [0.5, 0.6) is 11.5 Å². The van der Waals surface area contributed by atoms with Crippen LogP contribution in [0.25, 0.3) is 0 Å². The zero-order valence-electron chi connectivity index (χ0n) is 19.5. The SMILES string of the molecule is CO[C@]12CC[C@@]3(C[C@@H]1C(C)(C)C)[C@H]1Cc4ccc(O)c5c4[C@@]3(CCN1CC1CC1)C2O5. The second-order valence-corrected chi connectivity index (χ2v) is 12.8. The van der Waals surface area contributed by atoms with Gasteiger partial charge < -0.3 is 14.6 Å². The number of likely N-dealkylation sites (tertiary alicyclic amines) is 1. The highest BCUT2D eigenvalue weighted by Gasteiger charge is 2.81. The fourth-order valence-corrected chi connectivity index (χ4v) is 9.42. The quantitative estimate of drug-likeness (QED) is 0.768. The predicted octanol–water partition coefficient (Wildman–Crippen LogP) is 4.66. The van der Waals surface area contributed by atoms with Crippen molar-refractivity contribution >= 4 is 0 Å². The second kappa shape index (κ2) is 5.62. The van der Waals surface area contributed by atoms with Gasteiger partial charge >= 0.3 is 0 Å². The molecule has 1 N–H and O–H groups in total. The molecule has 4 nitrogen and oxygen atoms in total. The minimum atomic E-state index is -0.275. The van der Waals surface area contributed by atoms with Crippen molar-refractivity contribution in [2.24, 2.45) is 22.7 Å². The van der Waals surface area contributed by atoms with Crippen molar-refractivity contribution in [3.05, 3.63) is 23.3 Å². The number of fused-ring (bicyclic) bond motifs is 2. The highest BCUT2D eigenvalue weighted by molar-refractivity contribution is 5.63. The van der Waals surface area contributed by atoms with Crippen molar-refractivity contribution in [1.82, 2.24) is 4.90 Å². The average Bonchev–Trinajstić information content (AvgIpc) is 3.47. The Bertz CT molecular complexity index is 964. The number of methoxy groups -OCH3 is 1. The van der Waals surface area contributed by atoms with Crippen LogP contribution in [-0.2, 0) is 16.6 Å². The summed E-state index contributed by atoms with van der Waals surface area (Å²) in [5.41, 5.74) is 2.90. The molecule has 1 aromatic carbocycles. The molecule has 6 atom stereocenters. The third kappa shape index (κ3) is 2.02. The summed E-state index contributed by atoms with van der Waals surface area (Å²) in [5.74, 6) is 2.49. The third-order valence-corrected chi connectivity index (χ3v) is 10.7. The first-order chi connectivity index (χ1) is 14.8. The summed E-state index contributed by atoms with van der Waals surface area (Å²) in [4.78, 5) is 2.89. The highest BCUT2D eigenvalue weighted by Crippen LogP contribution is 2.78. The number of phenols is 1. The molecular formula is C27H37NO3. The molecule has 4 saturated carbocycles. The summed E-state index contributed by atoms with van der Waals surface area (Å²) in [6.45, 7) is 9.64. The summed E-state index contributed by atoms with van der Waals surface area (Å²) in [6, 6.07) is 4.67. The summed E-state index contributed by atoms with van der Waals surface area (Å²) < 4.78 is 13.5. The fourth-order valence-electron chi connectivity index (χ4n) is 9.42. The summed E-state index contributed by atoms with van der Waals surface area (Å²) in [5, 5.41) is 10.9. The van der Waals surface area contributed by atoms with Gasteiger partial charge in [0.1, 0.15) is 11.7 Å². The Morgan fingerprint density at radius 3 is 2.71 bits per heavy atom. The topological polar surface area (TPSA) is 41.9 Å². The Morgan fingerprint density at radius 2 is 2.00 bits per heavy atom. The van der Waals surface area contributed by atoms with Crippen LogP contribution in [0.2, 0.25) is 0 Å². The van der Waals surface area contributed by atoms with E-state index in [1.807, 2.05) is 13.2 Å². The van der Waals surface area contributed by atoms with Crippen LogP contribution in [-0.4, -0.2) is 48.0 Å². The molecule has 0 radical (unpaired) electrons. The minimum absolute atomic E-state index is 0.00458. The van der Waals surface area contributed by atoms with Gasteiger partial charge in [0.2, 0.25) is 0 Å². The lowest BCUT2D eigenvalue weighted by Gasteiger charge is -2.75. The number of piperidine rings is 1. The highest BCUT2D eigenvalue weighted by atomic mass is 16.6. The van der Waals surface area contributed by atoms with E-state index in [2.05, 4.69) is 31.7 Å². The molecule has 0 amide bonds. The van der Waals surface area contributed by atoms with Gasteiger partial charge in [-0.2, -0.15) is 0 Å². The largest absolute Gasteiger partial charge is 0.504 e.